The minimum Gasteiger partial charge on any atom is -0.293 e. The summed E-state index contributed by atoms with van der Waals surface area (Å²) in [7, 11) is 0. The average molecular weight is 532 g/mol. The van der Waals surface area contributed by atoms with E-state index in [0.717, 1.165) is 35.3 Å². The molecular formula is C31H37N3OS2. The van der Waals surface area contributed by atoms with E-state index in [1.165, 1.54) is 63.1 Å². The van der Waals surface area contributed by atoms with Crippen LogP contribution in [0.3, 0.4) is 0 Å². The summed E-state index contributed by atoms with van der Waals surface area (Å²) in [6.07, 6.45) is 16.7. The number of thiocarbonyl (C=S) groups is 1. The number of aromatic nitrogens is 2. The summed E-state index contributed by atoms with van der Waals surface area (Å²) >= 11 is 6.99. The molecule has 2 heterocycles. The van der Waals surface area contributed by atoms with Crippen LogP contribution in [0.2, 0.25) is 0 Å². The van der Waals surface area contributed by atoms with Gasteiger partial charge in [-0.2, -0.15) is 5.10 Å². The number of rotatable bonds is 14. The number of thioether (sulfide) groups is 1. The van der Waals surface area contributed by atoms with Gasteiger partial charge in [0.1, 0.15) is 4.32 Å². The van der Waals surface area contributed by atoms with Crippen LogP contribution in [0.4, 0.5) is 0 Å². The summed E-state index contributed by atoms with van der Waals surface area (Å²) in [5, 5.41) is 4.87. The van der Waals surface area contributed by atoms with Crippen LogP contribution in [0.15, 0.2) is 71.8 Å². The van der Waals surface area contributed by atoms with Crippen molar-refractivity contribution in [2.75, 3.05) is 6.54 Å². The molecule has 6 heteroatoms. The number of unbranched alkanes of at least 4 members (excludes halogenated alkanes) is 9. The summed E-state index contributed by atoms with van der Waals surface area (Å²) in [6, 6.07) is 20.1. The van der Waals surface area contributed by atoms with Crippen molar-refractivity contribution in [2.45, 2.75) is 71.1 Å². The van der Waals surface area contributed by atoms with Crippen LogP contribution in [0.25, 0.3) is 23.0 Å². The molecule has 0 spiro atoms. The van der Waals surface area contributed by atoms with Gasteiger partial charge in [-0.1, -0.05) is 137 Å². The fourth-order valence-corrected chi connectivity index (χ4v) is 5.92. The Balaban J connectivity index is 1.38. The highest BCUT2D eigenvalue weighted by Gasteiger charge is 2.32. The van der Waals surface area contributed by atoms with E-state index in [1.54, 1.807) is 4.90 Å². The van der Waals surface area contributed by atoms with E-state index in [9.17, 15) is 4.79 Å². The van der Waals surface area contributed by atoms with E-state index >= 15 is 0 Å². The fraction of sp³-hybridized carbons (Fsp3) is 0.387. The maximum Gasteiger partial charge on any atom is 0.266 e. The molecule has 1 aliphatic heterocycles. The number of hydrogen-bond donors (Lipinski definition) is 0. The molecule has 0 radical (unpaired) electrons. The summed E-state index contributed by atoms with van der Waals surface area (Å²) in [5.41, 5.74) is 3.76. The largest absolute Gasteiger partial charge is 0.293 e. The van der Waals surface area contributed by atoms with Gasteiger partial charge in [0.2, 0.25) is 0 Å². The summed E-state index contributed by atoms with van der Waals surface area (Å²) in [6.45, 7) is 2.96. The number of carbonyl (C=O) groups is 1. The third-order valence-corrected chi connectivity index (χ3v) is 8.08. The monoisotopic (exact) mass is 531 g/mol. The first kappa shape index (κ1) is 27.3. The van der Waals surface area contributed by atoms with Gasteiger partial charge >= 0.3 is 0 Å². The molecule has 0 aliphatic carbocycles. The van der Waals surface area contributed by atoms with E-state index in [0.29, 0.717) is 15.8 Å². The smallest absolute Gasteiger partial charge is 0.266 e. The van der Waals surface area contributed by atoms with Gasteiger partial charge in [0.25, 0.3) is 5.91 Å². The summed E-state index contributed by atoms with van der Waals surface area (Å²) in [4.78, 5) is 15.7. The van der Waals surface area contributed by atoms with Crippen molar-refractivity contribution in [2.24, 2.45) is 0 Å². The Morgan fingerprint density at radius 1 is 0.838 bits per heavy atom. The van der Waals surface area contributed by atoms with E-state index < -0.39 is 0 Å². The SMILES string of the molecule is CCCCCCCCCCCCN1C(=O)/C(=C/c2cn(-c3ccccc3)nc2-c2ccccc2)SC1=S. The zero-order valence-electron chi connectivity index (χ0n) is 21.8. The molecule has 194 valence electrons. The highest BCUT2D eigenvalue weighted by atomic mass is 32.2. The van der Waals surface area contributed by atoms with Crippen molar-refractivity contribution >= 4 is 40.3 Å². The molecular weight excluding hydrogens is 494 g/mol. The van der Waals surface area contributed by atoms with E-state index in [2.05, 4.69) is 6.92 Å². The lowest BCUT2D eigenvalue weighted by atomic mass is 10.1. The van der Waals surface area contributed by atoms with Crippen molar-refractivity contribution in [1.82, 2.24) is 14.7 Å². The van der Waals surface area contributed by atoms with Crippen LogP contribution in [0, 0.1) is 0 Å². The fourth-order valence-electron chi connectivity index (χ4n) is 4.62. The Labute approximate surface area is 231 Å². The molecule has 0 N–H and O–H groups in total. The predicted molar refractivity (Wildman–Crippen MR) is 161 cm³/mol. The molecule has 3 aromatic rings. The van der Waals surface area contributed by atoms with Gasteiger partial charge in [-0.3, -0.25) is 9.69 Å². The quantitative estimate of drug-likeness (QED) is 0.118. The highest BCUT2D eigenvalue weighted by molar-refractivity contribution is 8.26. The number of carbonyl (C=O) groups excluding carboxylic acids is 1. The molecule has 37 heavy (non-hydrogen) atoms. The zero-order chi connectivity index (χ0) is 25.9. The van der Waals surface area contributed by atoms with Crippen LogP contribution in [-0.4, -0.2) is 31.5 Å². The molecule has 2 aromatic carbocycles. The lowest BCUT2D eigenvalue weighted by Gasteiger charge is -2.14. The third-order valence-electron chi connectivity index (χ3n) is 6.71. The van der Waals surface area contributed by atoms with Gasteiger partial charge in [-0.05, 0) is 24.6 Å². The Morgan fingerprint density at radius 2 is 1.43 bits per heavy atom. The van der Waals surface area contributed by atoms with E-state index in [4.69, 9.17) is 17.3 Å². The molecule has 1 aliphatic rings. The van der Waals surface area contributed by atoms with Crippen molar-refractivity contribution < 1.29 is 4.79 Å². The summed E-state index contributed by atoms with van der Waals surface area (Å²) in [5.74, 6) is 0.0115. The van der Waals surface area contributed by atoms with Gasteiger partial charge in [-0.25, -0.2) is 4.68 Å². The second kappa shape index (κ2) is 14.3. The maximum atomic E-state index is 13.3. The highest BCUT2D eigenvalue weighted by Crippen LogP contribution is 2.35. The molecule has 1 fully saturated rings. The van der Waals surface area contributed by atoms with Gasteiger partial charge in [-0.15, -0.1) is 0 Å². The second-order valence-electron chi connectivity index (χ2n) is 9.59. The van der Waals surface area contributed by atoms with Crippen LogP contribution >= 0.6 is 24.0 Å². The minimum atomic E-state index is 0.0115. The van der Waals surface area contributed by atoms with Gasteiger partial charge in [0.15, 0.2) is 0 Å². The van der Waals surface area contributed by atoms with E-state index in [-0.39, 0.29) is 5.91 Å². The van der Waals surface area contributed by atoms with Crippen LogP contribution in [0.1, 0.15) is 76.7 Å². The number of para-hydroxylation sites is 1. The third kappa shape index (κ3) is 7.65. The Bertz CT molecular complexity index is 1190. The first-order chi connectivity index (χ1) is 18.2. The Hall–Kier alpha value is -2.70. The number of hydrogen-bond acceptors (Lipinski definition) is 4. The van der Waals surface area contributed by atoms with Crippen molar-refractivity contribution in [3.8, 4) is 16.9 Å². The molecule has 1 amide bonds. The second-order valence-corrected chi connectivity index (χ2v) is 11.3. The topological polar surface area (TPSA) is 38.1 Å². The number of nitrogens with zero attached hydrogens (tertiary/aromatic N) is 3. The van der Waals surface area contributed by atoms with Crippen molar-refractivity contribution in [1.29, 1.82) is 0 Å². The molecule has 0 atom stereocenters. The molecule has 4 nitrogen and oxygen atoms in total. The first-order valence-corrected chi connectivity index (χ1v) is 14.9. The van der Waals surface area contributed by atoms with E-state index in [1.807, 2.05) is 77.6 Å². The molecule has 0 bridgehead atoms. The van der Waals surface area contributed by atoms with Gasteiger partial charge in [0.05, 0.1) is 16.3 Å². The molecule has 0 saturated carbocycles. The standard InChI is InChI=1S/C31H37N3OS2/c1-2-3-4-5-6-7-8-9-10-17-22-33-30(35)28(37-31(33)36)23-26-24-34(27-20-15-12-16-21-27)32-29(26)25-18-13-11-14-19-25/h11-16,18-21,23-24H,2-10,17,22H2,1H3/b28-23-. The van der Waals surface area contributed by atoms with Gasteiger partial charge in [0, 0.05) is 23.9 Å². The van der Waals surface area contributed by atoms with Crippen LogP contribution < -0.4 is 0 Å². The van der Waals surface area contributed by atoms with Crippen molar-refractivity contribution in [3.05, 3.63) is 77.3 Å². The molecule has 1 aromatic heterocycles. The zero-order valence-corrected chi connectivity index (χ0v) is 23.4. The predicted octanol–water partition coefficient (Wildman–Crippen LogP) is 8.66. The number of amides is 1. The molecule has 4 rings (SSSR count). The average Bonchev–Trinajstić information content (AvgIpc) is 3.47. The Morgan fingerprint density at radius 3 is 2.08 bits per heavy atom. The molecule has 1 saturated heterocycles. The first-order valence-electron chi connectivity index (χ1n) is 13.6. The van der Waals surface area contributed by atoms with Crippen LogP contribution in [-0.2, 0) is 4.79 Å². The lowest BCUT2D eigenvalue weighted by molar-refractivity contribution is -0.122. The van der Waals surface area contributed by atoms with Crippen LogP contribution in [0.5, 0.6) is 0 Å². The number of benzene rings is 2. The minimum absolute atomic E-state index is 0.0115. The summed E-state index contributed by atoms with van der Waals surface area (Å²) < 4.78 is 2.53. The Kier molecular flexibility index (Phi) is 10.6. The normalized spacial score (nSPS) is 14.7. The van der Waals surface area contributed by atoms with Gasteiger partial charge < -0.3 is 0 Å². The van der Waals surface area contributed by atoms with Crippen molar-refractivity contribution in [3.63, 3.8) is 0 Å². The maximum absolute atomic E-state index is 13.3. The lowest BCUT2D eigenvalue weighted by Crippen LogP contribution is -2.29. The molecule has 0 unspecified atom stereocenters.